The molecule has 0 bridgehead atoms. The Bertz CT molecular complexity index is 611. The number of nitrogens with zero attached hydrogens (tertiary/aromatic N) is 3. The zero-order valence-electron chi connectivity index (χ0n) is 13.4. The average Bonchev–Trinajstić information content (AvgIpc) is 2.96. The summed E-state index contributed by atoms with van der Waals surface area (Å²) in [7, 11) is 0. The fourth-order valence-corrected chi connectivity index (χ4v) is 1.73. The first kappa shape index (κ1) is 17.6. The number of nitrogens with two attached hydrogens (primary N) is 1. The highest BCUT2D eigenvalue weighted by Gasteiger charge is 2.13. The van der Waals surface area contributed by atoms with E-state index in [-0.39, 0.29) is 12.4 Å². The standard InChI is InChI=1S/C13H16N4O3.C2H6/c1-3-19-11(18)5-4-10-16-13(17-20-10)12-8(2)6-9(14)7-15-12;1-2/h6-7H,3-5,14H2,1-2H3;1-2H3. The van der Waals surface area contributed by atoms with Crippen molar-refractivity contribution < 1.29 is 14.1 Å². The van der Waals surface area contributed by atoms with Crippen LogP contribution in [-0.2, 0) is 16.0 Å². The summed E-state index contributed by atoms with van der Waals surface area (Å²) in [5.74, 6) is 0.487. The van der Waals surface area contributed by atoms with E-state index in [1.54, 1.807) is 13.0 Å². The molecule has 0 amide bonds. The van der Waals surface area contributed by atoms with E-state index >= 15 is 0 Å². The minimum atomic E-state index is -0.283. The number of aromatic nitrogens is 3. The molecule has 0 aliphatic rings. The monoisotopic (exact) mass is 306 g/mol. The molecule has 2 aromatic heterocycles. The minimum Gasteiger partial charge on any atom is -0.466 e. The maximum atomic E-state index is 11.2. The number of pyridine rings is 1. The fraction of sp³-hybridized carbons (Fsp3) is 0.467. The van der Waals surface area contributed by atoms with Crippen molar-refractivity contribution in [1.82, 2.24) is 15.1 Å². The molecule has 22 heavy (non-hydrogen) atoms. The molecule has 7 heteroatoms. The van der Waals surface area contributed by atoms with Gasteiger partial charge in [0.1, 0.15) is 5.69 Å². The van der Waals surface area contributed by atoms with E-state index in [1.807, 2.05) is 20.8 Å². The Balaban J connectivity index is 0.00000116. The molecule has 7 nitrogen and oxygen atoms in total. The molecule has 0 spiro atoms. The van der Waals surface area contributed by atoms with Crippen molar-refractivity contribution in [3.63, 3.8) is 0 Å². The Kier molecular flexibility index (Phi) is 7.01. The van der Waals surface area contributed by atoms with Gasteiger partial charge in [-0.1, -0.05) is 19.0 Å². The van der Waals surface area contributed by atoms with Crippen LogP contribution in [0.1, 0.15) is 38.6 Å². The van der Waals surface area contributed by atoms with Crippen LogP contribution in [0.5, 0.6) is 0 Å². The number of carbonyl (C=O) groups excluding carboxylic acids is 1. The van der Waals surface area contributed by atoms with Crippen LogP contribution in [0.4, 0.5) is 5.69 Å². The van der Waals surface area contributed by atoms with Gasteiger partial charge in [-0.15, -0.1) is 0 Å². The largest absolute Gasteiger partial charge is 0.466 e. The number of esters is 1. The Hall–Kier alpha value is -2.44. The van der Waals surface area contributed by atoms with Crippen LogP contribution in [0.15, 0.2) is 16.8 Å². The van der Waals surface area contributed by atoms with Crippen LogP contribution in [-0.4, -0.2) is 27.7 Å². The highest BCUT2D eigenvalue weighted by atomic mass is 16.5. The molecule has 2 aromatic rings. The lowest BCUT2D eigenvalue weighted by atomic mass is 10.2. The maximum Gasteiger partial charge on any atom is 0.306 e. The molecule has 0 saturated carbocycles. The smallest absolute Gasteiger partial charge is 0.306 e. The van der Waals surface area contributed by atoms with Crippen molar-refractivity contribution in [2.45, 2.75) is 40.5 Å². The molecular weight excluding hydrogens is 284 g/mol. The predicted molar refractivity (Wildman–Crippen MR) is 83.0 cm³/mol. The number of hydrogen-bond acceptors (Lipinski definition) is 7. The number of nitrogen functional groups attached to an aromatic ring is 1. The number of aryl methyl sites for hydroxylation is 2. The third-order valence-electron chi connectivity index (χ3n) is 2.63. The summed E-state index contributed by atoms with van der Waals surface area (Å²) in [6.45, 7) is 7.99. The van der Waals surface area contributed by atoms with E-state index in [1.165, 1.54) is 6.20 Å². The Morgan fingerprint density at radius 3 is 2.77 bits per heavy atom. The lowest BCUT2D eigenvalue weighted by molar-refractivity contribution is -0.143. The van der Waals surface area contributed by atoms with Gasteiger partial charge < -0.3 is 15.0 Å². The maximum absolute atomic E-state index is 11.2. The van der Waals surface area contributed by atoms with Gasteiger partial charge in [0.05, 0.1) is 24.9 Å². The van der Waals surface area contributed by atoms with Crippen molar-refractivity contribution in [3.05, 3.63) is 23.7 Å². The van der Waals surface area contributed by atoms with Crippen LogP contribution in [0.3, 0.4) is 0 Å². The second-order valence-electron chi connectivity index (χ2n) is 4.25. The number of carbonyl (C=O) groups is 1. The SMILES string of the molecule is CC.CCOC(=O)CCc1nc(-c2ncc(N)cc2C)no1. The molecule has 0 radical (unpaired) electrons. The van der Waals surface area contributed by atoms with Gasteiger partial charge in [0.15, 0.2) is 0 Å². The lowest BCUT2D eigenvalue weighted by Crippen LogP contribution is -2.05. The number of hydrogen-bond donors (Lipinski definition) is 1. The summed E-state index contributed by atoms with van der Waals surface area (Å²) in [6, 6.07) is 1.79. The summed E-state index contributed by atoms with van der Waals surface area (Å²) >= 11 is 0. The third kappa shape index (κ3) is 4.83. The van der Waals surface area contributed by atoms with Crippen molar-refractivity contribution in [2.24, 2.45) is 0 Å². The molecule has 0 fully saturated rings. The Morgan fingerprint density at radius 1 is 1.41 bits per heavy atom. The molecule has 0 saturated heterocycles. The van der Waals surface area contributed by atoms with E-state index in [0.29, 0.717) is 36.1 Å². The van der Waals surface area contributed by atoms with Crippen LogP contribution in [0, 0.1) is 6.92 Å². The lowest BCUT2D eigenvalue weighted by Gasteiger charge is -2.00. The van der Waals surface area contributed by atoms with Crippen molar-refractivity contribution in [2.75, 3.05) is 12.3 Å². The molecular formula is C15H22N4O3. The van der Waals surface area contributed by atoms with Gasteiger partial charge in [-0.2, -0.15) is 4.98 Å². The van der Waals surface area contributed by atoms with Crippen LogP contribution < -0.4 is 5.73 Å². The second-order valence-corrected chi connectivity index (χ2v) is 4.25. The van der Waals surface area contributed by atoms with E-state index in [2.05, 4.69) is 15.1 Å². The third-order valence-corrected chi connectivity index (χ3v) is 2.63. The highest BCUT2D eigenvalue weighted by Crippen LogP contribution is 2.19. The number of rotatable bonds is 5. The topological polar surface area (TPSA) is 104 Å². The number of anilines is 1. The summed E-state index contributed by atoms with van der Waals surface area (Å²) in [5.41, 5.74) is 7.70. The number of ether oxygens (including phenoxy) is 1. The van der Waals surface area contributed by atoms with Crippen molar-refractivity contribution in [3.8, 4) is 11.5 Å². The normalized spacial score (nSPS) is 9.82. The average molecular weight is 306 g/mol. The summed E-state index contributed by atoms with van der Waals surface area (Å²) in [6.07, 6.45) is 2.10. The first-order valence-electron chi connectivity index (χ1n) is 7.31. The molecule has 0 atom stereocenters. The highest BCUT2D eigenvalue weighted by molar-refractivity contribution is 5.69. The van der Waals surface area contributed by atoms with E-state index in [9.17, 15) is 4.79 Å². The van der Waals surface area contributed by atoms with Crippen molar-refractivity contribution >= 4 is 11.7 Å². The summed E-state index contributed by atoms with van der Waals surface area (Å²) in [5, 5.41) is 3.86. The van der Waals surface area contributed by atoms with Gasteiger partial charge in [0.2, 0.25) is 11.7 Å². The minimum absolute atomic E-state index is 0.212. The quantitative estimate of drug-likeness (QED) is 0.846. The molecule has 2 N–H and O–H groups in total. The Morgan fingerprint density at radius 2 is 2.14 bits per heavy atom. The van der Waals surface area contributed by atoms with Crippen molar-refractivity contribution in [1.29, 1.82) is 0 Å². The first-order chi connectivity index (χ1) is 10.6. The molecule has 2 rings (SSSR count). The van der Waals surface area contributed by atoms with Gasteiger partial charge in [-0.3, -0.25) is 9.78 Å². The van der Waals surface area contributed by atoms with E-state index < -0.39 is 0 Å². The van der Waals surface area contributed by atoms with Gasteiger partial charge in [-0.05, 0) is 25.5 Å². The first-order valence-corrected chi connectivity index (χ1v) is 7.31. The van der Waals surface area contributed by atoms with Crippen LogP contribution in [0.25, 0.3) is 11.5 Å². The molecule has 0 aliphatic heterocycles. The van der Waals surface area contributed by atoms with E-state index in [4.69, 9.17) is 15.0 Å². The van der Waals surface area contributed by atoms with E-state index in [0.717, 1.165) is 5.56 Å². The molecule has 0 unspecified atom stereocenters. The summed E-state index contributed by atoms with van der Waals surface area (Å²) < 4.78 is 9.93. The molecule has 120 valence electrons. The fourth-order valence-electron chi connectivity index (χ4n) is 1.73. The molecule has 2 heterocycles. The molecule has 0 aliphatic carbocycles. The predicted octanol–water partition coefficient (Wildman–Crippen LogP) is 2.54. The molecule has 0 aromatic carbocycles. The summed E-state index contributed by atoms with van der Waals surface area (Å²) in [4.78, 5) is 19.6. The van der Waals surface area contributed by atoms with Crippen LogP contribution in [0.2, 0.25) is 0 Å². The van der Waals surface area contributed by atoms with Gasteiger partial charge in [0.25, 0.3) is 0 Å². The zero-order chi connectivity index (χ0) is 16.5. The van der Waals surface area contributed by atoms with Gasteiger partial charge in [0, 0.05) is 6.42 Å². The Labute approximate surface area is 129 Å². The van der Waals surface area contributed by atoms with Crippen LogP contribution >= 0.6 is 0 Å². The van der Waals surface area contributed by atoms with Gasteiger partial charge in [-0.25, -0.2) is 0 Å². The second kappa shape index (κ2) is 8.76. The zero-order valence-corrected chi connectivity index (χ0v) is 13.4. The van der Waals surface area contributed by atoms with Gasteiger partial charge >= 0.3 is 5.97 Å².